The minimum Gasteiger partial charge on any atom is -0.318 e. The average molecular weight is 384 g/mol. The van der Waals surface area contributed by atoms with E-state index in [9.17, 15) is 18.0 Å². The van der Waals surface area contributed by atoms with Crippen molar-refractivity contribution in [2.24, 2.45) is 7.05 Å². The summed E-state index contributed by atoms with van der Waals surface area (Å²) in [5.41, 5.74) is -0.0121. The first-order valence-electron chi connectivity index (χ1n) is 7.42. The number of anilines is 1. The number of carbonyl (C=O) groups excluding carboxylic acids is 1. The lowest BCUT2D eigenvalue weighted by molar-refractivity contribution is -0.141. The lowest BCUT2D eigenvalue weighted by Gasteiger charge is -2.03. The highest BCUT2D eigenvalue weighted by molar-refractivity contribution is 6.30. The third-order valence-corrected chi connectivity index (χ3v) is 3.80. The number of nitrogens with one attached hydrogen (secondary N) is 1. The Morgan fingerprint density at radius 3 is 2.58 bits per heavy atom. The summed E-state index contributed by atoms with van der Waals surface area (Å²) in [6.07, 6.45) is -1.62. The molecule has 26 heavy (non-hydrogen) atoms. The van der Waals surface area contributed by atoms with E-state index in [1.54, 1.807) is 23.0 Å². The van der Waals surface area contributed by atoms with E-state index in [2.05, 4.69) is 15.5 Å². The molecule has 0 aliphatic carbocycles. The molecule has 1 aromatic carbocycles. The Balaban J connectivity index is 1.70. The monoisotopic (exact) mass is 383 g/mol. The van der Waals surface area contributed by atoms with Gasteiger partial charge in [0.25, 0.3) is 5.91 Å². The fourth-order valence-corrected chi connectivity index (χ4v) is 2.43. The Kier molecular flexibility index (Phi) is 4.73. The Morgan fingerprint density at radius 2 is 1.96 bits per heavy atom. The van der Waals surface area contributed by atoms with Crippen LogP contribution in [0.15, 0.2) is 42.7 Å². The molecule has 0 radical (unpaired) electrons. The van der Waals surface area contributed by atoms with Gasteiger partial charge in [-0.1, -0.05) is 23.7 Å². The van der Waals surface area contributed by atoms with Gasteiger partial charge in [-0.15, -0.1) is 0 Å². The third kappa shape index (κ3) is 4.05. The van der Waals surface area contributed by atoms with Crippen molar-refractivity contribution in [3.63, 3.8) is 0 Å². The molecular weight excluding hydrogens is 371 g/mol. The Bertz CT molecular complexity index is 930. The fraction of sp³-hybridized carbons (Fsp3) is 0.188. The number of hydrogen-bond donors (Lipinski definition) is 1. The predicted molar refractivity (Wildman–Crippen MR) is 88.9 cm³/mol. The Labute approximate surface area is 151 Å². The molecule has 1 N–H and O–H groups in total. The Morgan fingerprint density at radius 1 is 1.27 bits per heavy atom. The first kappa shape index (κ1) is 18.0. The second-order valence-corrected chi connectivity index (χ2v) is 5.98. The van der Waals surface area contributed by atoms with Crippen molar-refractivity contribution in [2.45, 2.75) is 12.7 Å². The van der Waals surface area contributed by atoms with Crippen molar-refractivity contribution in [3.8, 4) is 0 Å². The summed E-state index contributed by atoms with van der Waals surface area (Å²) < 4.78 is 40.5. The zero-order valence-electron chi connectivity index (χ0n) is 13.5. The largest absolute Gasteiger partial charge is 0.435 e. The van der Waals surface area contributed by atoms with E-state index < -0.39 is 17.8 Å². The smallest absolute Gasteiger partial charge is 0.318 e. The molecule has 0 saturated carbocycles. The molecule has 6 nitrogen and oxygen atoms in total. The molecule has 10 heteroatoms. The molecule has 1 amide bonds. The van der Waals surface area contributed by atoms with Gasteiger partial charge < -0.3 is 5.32 Å². The van der Waals surface area contributed by atoms with Gasteiger partial charge in [0, 0.05) is 24.3 Å². The molecule has 136 valence electrons. The molecule has 0 aliphatic rings. The van der Waals surface area contributed by atoms with Crippen molar-refractivity contribution >= 4 is 23.2 Å². The maximum absolute atomic E-state index is 12.7. The fourth-order valence-electron chi connectivity index (χ4n) is 2.30. The van der Waals surface area contributed by atoms with E-state index >= 15 is 0 Å². The SMILES string of the molecule is Cn1nc(C(F)(F)F)cc1C(=O)Nc1cnn(Cc2ccc(Cl)cc2)c1. The number of rotatable bonds is 4. The van der Waals surface area contributed by atoms with Crippen molar-refractivity contribution < 1.29 is 18.0 Å². The minimum atomic E-state index is -4.61. The van der Waals surface area contributed by atoms with Gasteiger partial charge >= 0.3 is 6.18 Å². The number of carbonyl (C=O) groups is 1. The van der Waals surface area contributed by atoms with Gasteiger partial charge in [-0.3, -0.25) is 14.2 Å². The summed E-state index contributed by atoms with van der Waals surface area (Å²) in [5.74, 6) is -0.707. The highest BCUT2D eigenvalue weighted by Crippen LogP contribution is 2.28. The molecule has 0 spiro atoms. The molecule has 3 aromatic rings. The zero-order valence-corrected chi connectivity index (χ0v) is 14.2. The van der Waals surface area contributed by atoms with Crippen LogP contribution in [-0.4, -0.2) is 25.5 Å². The number of nitrogens with zero attached hydrogens (tertiary/aromatic N) is 4. The number of hydrogen-bond acceptors (Lipinski definition) is 3. The molecule has 0 unspecified atom stereocenters. The number of aryl methyl sites for hydroxylation is 1. The summed E-state index contributed by atoms with van der Waals surface area (Å²) in [5, 5.41) is 10.6. The molecule has 0 fully saturated rings. The Hall–Kier alpha value is -2.81. The molecule has 3 rings (SSSR count). The van der Waals surface area contributed by atoms with Crippen LogP contribution >= 0.6 is 11.6 Å². The third-order valence-electron chi connectivity index (χ3n) is 3.55. The van der Waals surface area contributed by atoms with Crippen LogP contribution in [0.4, 0.5) is 18.9 Å². The topological polar surface area (TPSA) is 64.7 Å². The molecular formula is C16H13ClF3N5O. The lowest BCUT2D eigenvalue weighted by atomic mass is 10.2. The number of benzene rings is 1. The summed E-state index contributed by atoms with van der Waals surface area (Å²) >= 11 is 5.83. The van der Waals surface area contributed by atoms with Crippen molar-refractivity contribution in [1.29, 1.82) is 0 Å². The molecule has 2 heterocycles. The summed E-state index contributed by atoms with van der Waals surface area (Å²) in [7, 11) is 1.27. The number of alkyl halides is 3. The minimum absolute atomic E-state index is 0.206. The van der Waals surface area contributed by atoms with Crippen LogP contribution in [0.3, 0.4) is 0 Å². The van der Waals surface area contributed by atoms with E-state index in [1.807, 2.05) is 12.1 Å². The highest BCUT2D eigenvalue weighted by atomic mass is 35.5. The van der Waals surface area contributed by atoms with Crippen LogP contribution < -0.4 is 5.32 Å². The highest BCUT2D eigenvalue weighted by Gasteiger charge is 2.35. The van der Waals surface area contributed by atoms with Gasteiger partial charge in [-0.05, 0) is 17.7 Å². The van der Waals surface area contributed by atoms with Crippen molar-refractivity contribution in [1.82, 2.24) is 19.6 Å². The molecule has 0 aliphatic heterocycles. The maximum Gasteiger partial charge on any atom is 0.435 e. The van der Waals surface area contributed by atoms with Gasteiger partial charge in [0.1, 0.15) is 5.69 Å². The van der Waals surface area contributed by atoms with Gasteiger partial charge in [-0.2, -0.15) is 23.4 Å². The molecule has 0 saturated heterocycles. The van der Waals surface area contributed by atoms with Crippen molar-refractivity contribution in [2.75, 3.05) is 5.32 Å². The van der Waals surface area contributed by atoms with Crippen LogP contribution in [0.5, 0.6) is 0 Å². The number of aromatic nitrogens is 4. The quantitative estimate of drug-likeness (QED) is 0.748. The van der Waals surface area contributed by atoms with E-state index in [0.717, 1.165) is 10.2 Å². The van der Waals surface area contributed by atoms with E-state index in [-0.39, 0.29) is 5.69 Å². The first-order valence-corrected chi connectivity index (χ1v) is 7.79. The molecule has 0 bridgehead atoms. The van der Waals surface area contributed by atoms with E-state index in [1.165, 1.54) is 13.2 Å². The number of halogens is 4. The number of amides is 1. The van der Waals surface area contributed by atoms with Gasteiger partial charge in [0.05, 0.1) is 18.4 Å². The van der Waals surface area contributed by atoms with E-state index in [0.29, 0.717) is 23.3 Å². The molecule has 0 atom stereocenters. The van der Waals surface area contributed by atoms with Crippen LogP contribution in [0.25, 0.3) is 0 Å². The van der Waals surface area contributed by atoms with Crippen LogP contribution in [-0.2, 0) is 19.8 Å². The summed E-state index contributed by atoms with van der Waals surface area (Å²) in [6.45, 7) is 0.455. The lowest BCUT2D eigenvalue weighted by Crippen LogP contribution is -2.15. The predicted octanol–water partition coefficient (Wildman–Crippen LogP) is 3.59. The molecule has 2 aromatic heterocycles. The normalized spacial score (nSPS) is 11.6. The van der Waals surface area contributed by atoms with Gasteiger partial charge in [0.15, 0.2) is 5.69 Å². The second-order valence-electron chi connectivity index (χ2n) is 5.54. The maximum atomic E-state index is 12.7. The second kappa shape index (κ2) is 6.83. The first-order chi connectivity index (χ1) is 12.2. The van der Waals surface area contributed by atoms with Crippen LogP contribution in [0.1, 0.15) is 21.7 Å². The average Bonchev–Trinajstić information content (AvgIpc) is 3.16. The van der Waals surface area contributed by atoms with E-state index in [4.69, 9.17) is 11.6 Å². The van der Waals surface area contributed by atoms with Gasteiger partial charge in [-0.25, -0.2) is 0 Å². The zero-order chi connectivity index (χ0) is 18.9. The van der Waals surface area contributed by atoms with Crippen molar-refractivity contribution in [3.05, 3.63) is 64.7 Å². The van der Waals surface area contributed by atoms with Crippen LogP contribution in [0, 0.1) is 0 Å². The van der Waals surface area contributed by atoms with Crippen LogP contribution in [0.2, 0.25) is 5.02 Å². The summed E-state index contributed by atoms with van der Waals surface area (Å²) in [4.78, 5) is 12.2. The summed E-state index contributed by atoms with van der Waals surface area (Å²) in [6, 6.07) is 7.90. The standard InChI is InChI=1S/C16H13ClF3N5O/c1-24-13(6-14(23-24)16(18,19)20)15(26)22-12-7-21-25(9-12)8-10-2-4-11(17)5-3-10/h2-7,9H,8H2,1H3,(H,22,26). The van der Waals surface area contributed by atoms with Gasteiger partial charge in [0.2, 0.25) is 0 Å².